The lowest BCUT2D eigenvalue weighted by molar-refractivity contribution is -0.135. The first-order valence-corrected chi connectivity index (χ1v) is 13.0. The maximum absolute atomic E-state index is 13.6. The normalized spacial score (nSPS) is 13.1. The lowest BCUT2D eigenvalue weighted by atomic mass is 10.1. The topological polar surface area (TPSA) is 129 Å². The molecular formula is C28H35N5O6. The molecule has 3 N–H and O–H groups in total. The molecule has 1 aromatic heterocycles. The number of H-pyrrole nitrogens is 1. The molecule has 0 atom stereocenters. The third-order valence-corrected chi connectivity index (χ3v) is 6.37. The minimum atomic E-state index is -0.365. The number of hydrogen-bond acceptors (Lipinski definition) is 7. The Morgan fingerprint density at radius 2 is 2.03 bits per heavy atom. The van der Waals surface area contributed by atoms with E-state index in [2.05, 4.69) is 15.5 Å². The SMILES string of the molecule is COc1cccc(CN(CCC(=O)N2CCOCC2)C(=O)Nc2ccc(-c3cn[nH]c3)cc2OCCCO)c1. The molecule has 39 heavy (non-hydrogen) atoms. The number of anilines is 1. The summed E-state index contributed by atoms with van der Waals surface area (Å²) >= 11 is 0. The van der Waals surface area contributed by atoms with Crippen molar-refractivity contribution in [3.05, 3.63) is 60.4 Å². The van der Waals surface area contributed by atoms with Crippen LogP contribution < -0.4 is 14.8 Å². The summed E-state index contributed by atoms with van der Waals surface area (Å²) < 4.78 is 16.6. The first kappa shape index (κ1) is 27.9. The molecule has 1 fully saturated rings. The van der Waals surface area contributed by atoms with Crippen LogP contribution in [-0.2, 0) is 16.1 Å². The van der Waals surface area contributed by atoms with Crippen LogP contribution in [0.25, 0.3) is 11.1 Å². The molecule has 2 aromatic carbocycles. The van der Waals surface area contributed by atoms with Gasteiger partial charge >= 0.3 is 6.03 Å². The maximum atomic E-state index is 13.6. The average Bonchev–Trinajstić information content (AvgIpc) is 3.52. The fourth-order valence-electron chi connectivity index (χ4n) is 4.22. The molecule has 3 amide bonds. The number of urea groups is 1. The Morgan fingerprint density at radius 1 is 1.18 bits per heavy atom. The molecule has 11 nitrogen and oxygen atoms in total. The van der Waals surface area contributed by atoms with Crippen molar-refractivity contribution < 1.29 is 28.9 Å². The fraction of sp³-hybridized carbons (Fsp3) is 0.393. The summed E-state index contributed by atoms with van der Waals surface area (Å²) in [5, 5.41) is 18.9. The van der Waals surface area contributed by atoms with E-state index in [9.17, 15) is 14.7 Å². The number of rotatable bonds is 12. The van der Waals surface area contributed by atoms with Gasteiger partial charge in [-0.2, -0.15) is 5.10 Å². The maximum Gasteiger partial charge on any atom is 0.322 e. The van der Waals surface area contributed by atoms with Crippen molar-refractivity contribution >= 4 is 17.6 Å². The van der Waals surface area contributed by atoms with Gasteiger partial charge in [0.2, 0.25) is 5.91 Å². The third-order valence-electron chi connectivity index (χ3n) is 6.37. The van der Waals surface area contributed by atoms with Crippen molar-refractivity contribution in [1.82, 2.24) is 20.0 Å². The minimum Gasteiger partial charge on any atom is -0.497 e. The molecule has 0 saturated carbocycles. The van der Waals surface area contributed by atoms with Gasteiger partial charge < -0.3 is 34.4 Å². The highest BCUT2D eigenvalue weighted by atomic mass is 16.5. The third kappa shape index (κ3) is 7.95. The van der Waals surface area contributed by atoms with Crippen molar-refractivity contribution in [1.29, 1.82) is 0 Å². The zero-order chi connectivity index (χ0) is 27.5. The summed E-state index contributed by atoms with van der Waals surface area (Å²) in [7, 11) is 1.59. The summed E-state index contributed by atoms with van der Waals surface area (Å²) in [5.74, 6) is 1.15. The number of carbonyl (C=O) groups excluding carboxylic acids is 2. The number of aromatic amines is 1. The van der Waals surface area contributed by atoms with Crippen LogP contribution in [0.1, 0.15) is 18.4 Å². The van der Waals surface area contributed by atoms with Gasteiger partial charge in [-0.3, -0.25) is 9.89 Å². The van der Waals surface area contributed by atoms with E-state index in [4.69, 9.17) is 14.2 Å². The highest BCUT2D eigenvalue weighted by molar-refractivity contribution is 5.92. The van der Waals surface area contributed by atoms with Crippen molar-refractivity contribution in [2.45, 2.75) is 19.4 Å². The van der Waals surface area contributed by atoms with Gasteiger partial charge in [0.1, 0.15) is 11.5 Å². The summed E-state index contributed by atoms with van der Waals surface area (Å²) in [6.45, 7) is 2.95. The van der Waals surface area contributed by atoms with Crippen LogP contribution in [0.3, 0.4) is 0 Å². The molecule has 3 aromatic rings. The molecule has 1 saturated heterocycles. The number of methoxy groups -OCH3 is 1. The fourth-order valence-corrected chi connectivity index (χ4v) is 4.22. The molecule has 11 heteroatoms. The Kier molecular flexibility index (Phi) is 10.1. The molecule has 1 aliphatic heterocycles. The predicted molar refractivity (Wildman–Crippen MR) is 146 cm³/mol. The van der Waals surface area contributed by atoms with E-state index in [0.29, 0.717) is 49.9 Å². The van der Waals surface area contributed by atoms with E-state index in [-0.39, 0.29) is 44.7 Å². The Hall–Kier alpha value is -4.09. The lowest BCUT2D eigenvalue weighted by Crippen LogP contribution is -2.43. The van der Waals surface area contributed by atoms with Gasteiger partial charge in [0, 0.05) is 57.4 Å². The van der Waals surface area contributed by atoms with E-state index in [1.54, 1.807) is 35.4 Å². The number of nitrogens with one attached hydrogen (secondary N) is 2. The number of ether oxygens (including phenoxy) is 3. The zero-order valence-electron chi connectivity index (χ0n) is 22.1. The molecule has 0 aliphatic carbocycles. The number of aliphatic hydroxyl groups is 1. The van der Waals surface area contributed by atoms with Crippen LogP contribution >= 0.6 is 0 Å². The number of morpholine rings is 1. The number of aliphatic hydroxyl groups excluding tert-OH is 1. The van der Waals surface area contributed by atoms with Gasteiger partial charge in [0.15, 0.2) is 0 Å². The molecule has 208 valence electrons. The first-order valence-electron chi connectivity index (χ1n) is 13.0. The van der Waals surface area contributed by atoms with Crippen LogP contribution in [0.2, 0.25) is 0 Å². The zero-order valence-corrected chi connectivity index (χ0v) is 22.1. The summed E-state index contributed by atoms with van der Waals surface area (Å²) in [5.41, 5.74) is 3.10. The largest absolute Gasteiger partial charge is 0.497 e. The Balaban J connectivity index is 1.52. The second-order valence-electron chi connectivity index (χ2n) is 9.07. The molecule has 0 bridgehead atoms. The standard InChI is InChI=1S/C28H35N5O6/c1-37-24-5-2-4-21(16-24)20-33(9-8-27(35)32-10-14-38-15-11-32)28(36)31-25-7-6-22(23-18-29-30-19-23)17-26(25)39-13-3-12-34/h2,4-7,16-19,34H,3,8-15,20H2,1H3,(H,29,30)(H,31,36). The highest BCUT2D eigenvalue weighted by Crippen LogP contribution is 2.31. The Labute approximate surface area is 227 Å². The lowest BCUT2D eigenvalue weighted by Gasteiger charge is -2.29. The van der Waals surface area contributed by atoms with E-state index in [1.807, 2.05) is 36.4 Å². The van der Waals surface area contributed by atoms with Crippen LogP contribution in [0.5, 0.6) is 11.5 Å². The monoisotopic (exact) mass is 537 g/mol. The van der Waals surface area contributed by atoms with Crippen molar-refractivity contribution in [3.8, 4) is 22.6 Å². The van der Waals surface area contributed by atoms with Gasteiger partial charge in [-0.15, -0.1) is 0 Å². The minimum absolute atomic E-state index is 0.00536. The molecule has 0 radical (unpaired) electrons. The van der Waals surface area contributed by atoms with Gasteiger partial charge in [0.25, 0.3) is 0 Å². The number of nitrogens with zero attached hydrogens (tertiary/aromatic N) is 3. The number of hydrogen-bond donors (Lipinski definition) is 3. The molecule has 0 unspecified atom stereocenters. The molecule has 4 rings (SSSR count). The quantitative estimate of drug-likeness (QED) is 0.303. The van der Waals surface area contributed by atoms with Gasteiger partial charge in [-0.05, 0) is 35.4 Å². The molecule has 1 aliphatic rings. The first-order chi connectivity index (χ1) is 19.1. The molecular weight excluding hydrogens is 502 g/mol. The van der Waals surface area contributed by atoms with Crippen LogP contribution in [0, 0.1) is 0 Å². The average molecular weight is 538 g/mol. The van der Waals surface area contributed by atoms with Crippen LogP contribution in [-0.4, -0.2) is 90.2 Å². The summed E-state index contributed by atoms with van der Waals surface area (Å²) in [6.07, 6.45) is 4.12. The summed E-state index contributed by atoms with van der Waals surface area (Å²) in [4.78, 5) is 29.8. The highest BCUT2D eigenvalue weighted by Gasteiger charge is 2.21. The van der Waals surface area contributed by atoms with Crippen molar-refractivity contribution in [2.24, 2.45) is 0 Å². The Morgan fingerprint density at radius 3 is 2.77 bits per heavy atom. The second-order valence-corrected chi connectivity index (χ2v) is 9.07. The number of benzene rings is 2. The van der Waals surface area contributed by atoms with E-state index in [1.165, 1.54) is 0 Å². The summed E-state index contributed by atoms with van der Waals surface area (Å²) in [6, 6.07) is 12.6. The Bertz CT molecular complexity index is 1210. The van der Waals surface area contributed by atoms with Gasteiger partial charge in [-0.25, -0.2) is 4.79 Å². The van der Waals surface area contributed by atoms with Crippen LogP contribution in [0.4, 0.5) is 10.5 Å². The van der Waals surface area contributed by atoms with Gasteiger partial charge in [-0.1, -0.05) is 18.2 Å². The van der Waals surface area contributed by atoms with E-state index in [0.717, 1.165) is 16.7 Å². The molecule has 0 spiro atoms. The smallest absolute Gasteiger partial charge is 0.322 e. The van der Waals surface area contributed by atoms with Crippen molar-refractivity contribution in [3.63, 3.8) is 0 Å². The number of carbonyl (C=O) groups is 2. The van der Waals surface area contributed by atoms with Gasteiger partial charge in [0.05, 0.1) is 38.8 Å². The van der Waals surface area contributed by atoms with E-state index < -0.39 is 0 Å². The molecule has 2 heterocycles. The number of amides is 3. The van der Waals surface area contributed by atoms with Crippen molar-refractivity contribution in [2.75, 3.05) is 58.5 Å². The van der Waals surface area contributed by atoms with E-state index >= 15 is 0 Å². The van der Waals surface area contributed by atoms with Crippen LogP contribution in [0.15, 0.2) is 54.9 Å². The second kappa shape index (κ2) is 14.2. The predicted octanol–water partition coefficient (Wildman–Crippen LogP) is 3.13. The number of aromatic nitrogens is 2.